The average Bonchev–Trinajstić information content (AvgIpc) is 2.88. The van der Waals surface area contributed by atoms with Crippen LogP contribution in [0.2, 0.25) is 0 Å². The third-order valence-electron chi connectivity index (χ3n) is 4.12. The maximum Gasteiger partial charge on any atom is 0.103 e. The van der Waals surface area contributed by atoms with Crippen LogP contribution >= 0.6 is 23.1 Å². The summed E-state index contributed by atoms with van der Waals surface area (Å²) in [7, 11) is 0. The molecule has 4 heteroatoms. The van der Waals surface area contributed by atoms with Crippen molar-refractivity contribution < 1.29 is 0 Å². The van der Waals surface area contributed by atoms with Crippen LogP contribution in [0.15, 0.2) is 0 Å². The molecule has 0 aliphatic heterocycles. The molecule has 0 saturated carbocycles. The van der Waals surface area contributed by atoms with Crippen molar-refractivity contribution >= 4 is 23.1 Å². The molecule has 0 fully saturated rings. The summed E-state index contributed by atoms with van der Waals surface area (Å²) in [5, 5.41) is 5.72. The quantitative estimate of drug-likeness (QED) is 0.740. The molecule has 1 aromatic rings. The molecular weight excluding hydrogens is 296 g/mol. The van der Waals surface area contributed by atoms with Gasteiger partial charge in [0, 0.05) is 28.3 Å². The van der Waals surface area contributed by atoms with Crippen molar-refractivity contribution in [3.05, 3.63) is 15.6 Å². The van der Waals surface area contributed by atoms with E-state index in [0.717, 1.165) is 30.0 Å². The molecule has 120 valence electrons. The van der Waals surface area contributed by atoms with Gasteiger partial charge < -0.3 is 5.32 Å². The average molecular weight is 327 g/mol. The molecule has 0 bridgehead atoms. The molecule has 1 aliphatic rings. The van der Waals surface area contributed by atoms with E-state index < -0.39 is 0 Å². The predicted octanol–water partition coefficient (Wildman–Crippen LogP) is 4.84. The lowest BCUT2D eigenvalue weighted by atomic mass is 9.91. The van der Waals surface area contributed by atoms with Crippen molar-refractivity contribution in [2.45, 2.75) is 70.3 Å². The van der Waals surface area contributed by atoms with E-state index in [1.807, 2.05) is 23.1 Å². The normalized spacial score (nSPS) is 19.8. The summed E-state index contributed by atoms with van der Waals surface area (Å²) < 4.78 is 0. The molecule has 1 aromatic heterocycles. The molecule has 1 aliphatic carbocycles. The largest absolute Gasteiger partial charge is 0.316 e. The maximum atomic E-state index is 4.99. The van der Waals surface area contributed by atoms with Gasteiger partial charge in [0.25, 0.3) is 0 Å². The molecule has 21 heavy (non-hydrogen) atoms. The van der Waals surface area contributed by atoms with E-state index in [9.17, 15) is 0 Å². The number of aromatic nitrogens is 1. The van der Waals surface area contributed by atoms with Gasteiger partial charge >= 0.3 is 0 Å². The first-order chi connectivity index (χ1) is 10.1. The highest BCUT2D eigenvalue weighted by Gasteiger charge is 2.24. The fourth-order valence-corrected chi connectivity index (χ4v) is 4.85. The first kappa shape index (κ1) is 17.3. The zero-order chi connectivity index (χ0) is 15.2. The summed E-state index contributed by atoms with van der Waals surface area (Å²) in [5.74, 6) is 2.47. The lowest BCUT2D eigenvalue weighted by molar-refractivity contribution is 0.472. The Morgan fingerprint density at radius 2 is 2.19 bits per heavy atom. The zero-order valence-electron chi connectivity index (χ0n) is 13.9. The van der Waals surface area contributed by atoms with Crippen molar-refractivity contribution in [1.82, 2.24) is 10.3 Å². The Balaban J connectivity index is 1.93. The third kappa shape index (κ3) is 5.26. The maximum absolute atomic E-state index is 4.99. The van der Waals surface area contributed by atoms with Gasteiger partial charge in [-0.05, 0) is 38.1 Å². The number of nitrogens with zero attached hydrogens (tertiary/aromatic N) is 1. The number of thiazole rings is 1. The topological polar surface area (TPSA) is 24.9 Å². The minimum atomic E-state index is 0.645. The molecule has 0 aromatic carbocycles. The monoisotopic (exact) mass is 326 g/mol. The smallest absolute Gasteiger partial charge is 0.103 e. The SMILES string of the molecule is CCC(C)SCc1nc2c(s1)CCCC2CNCC(C)C. The van der Waals surface area contributed by atoms with Gasteiger partial charge in [0.1, 0.15) is 5.01 Å². The second-order valence-electron chi connectivity index (χ2n) is 6.59. The summed E-state index contributed by atoms with van der Waals surface area (Å²) in [6, 6.07) is 0. The summed E-state index contributed by atoms with van der Waals surface area (Å²) in [6.07, 6.45) is 5.14. The van der Waals surface area contributed by atoms with Crippen molar-refractivity contribution in [1.29, 1.82) is 0 Å². The van der Waals surface area contributed by atoms with Crippen LogP contribution in [0.3, 0.4) is 0 Å². The standard InChI is InChI=1S/C17H30N2S2/c1-5-13(4)20-11-16-19-17-14(10-18-9-12(2)3)7-6-8-15(17)21-16/h12-14,18H,5-11H2,1-4H3. The minimum absolute atomic E-state index is 0.645. The lowest BCUT2D eigenvalue weighted by Crippen LogP contribution is -2.27. The Hall–Kier alpha value is -0.0600. The van der Waals surface area contributed by atoms with Gasteiger partial charge in [-0.15, -0.1) is 11.3 Å². The van der Waals surface area contributed by atoms with Crippen LogP contribution in [0.5, 0.6) is 0 Å². The lowest BCUT2D eigenvalue weighted by Gasteiger charge is -2.22. The summed E-state index contributed by atoms with van der Waals surface area (Å²) >= 11 is 4.02. The Morgan fingerprint density at radius 3 is 2.90 bits per heavy atom. The van der Waals surface area contributed by atoms with Gasteiger partial charge in [-0.1, -0.05) is 27.7 Å². The van der Waals surface area contributed by atoms with E-state index in [4.69, 9.17) is 4.98 Å². The highest BCUT2D eigenvalue weighted by atomic mass is 32.2. The number of aryl methyl sites for hydroxylation is 1. The van der Waals surface area contributed by atoms with Gasteiger partial charge in [0.15, 0.2) is 0 Å². The molecule has 2 atom stereocenters. The van der Waals surface area contributed by atoms with E-state index in [2.05, 4.69) is 33.0 Å². The van der Waals surface area contributed by atoms with E-state index in [0.29, 0.717) is 5.92 Å². The fraction of sp³-hybridized carbons (Fsp3) is 0.824. The summed E-state index contributed by atoms with van der Waals surface area (Å²) in [4.78, 5) is 6.56. The van der Waals surface area contributed by atoms with Crippen LogP contribution in [0.25, 0.3) is 0 Å². The Labute approximate surface area is 138 Å². The van der Waals surface area contributed by atoms with Crippen LogP contribution in [-0.4, -0.2) is 23.3 Å². The van der Waals surface area contributed by atoms with E-state index in [1.165, 1.54) is 36.4 Å². The molecule has 2 nitrogen and oxygen atoms in total. The van der Waals surface area contributed by atoms with Gasteiger partial charge in [0.2, 0.25) is 0 Å². The number of thioether (sulfide) groups is 1. The molecule has 0 saturated heterocycles. The van der Waals surface area contributed by atoms with Gasteiger partial charge in [-0.3, -0.25) is 0 Å². The summed E-state index contributed by atoms with van der Waals surface area (Å²) in [6.45, 7) is 11.3. The minimum Gasteiger partial charge on any atom is -0.316 e. The number of rotatable bonds is 8. The molecular formula is C17H30N2S2. The third-order valence-corrected chi connectivity index (χ3v) is 6.78. The van der Waals surface area contributed by atoms with Crippen LogP contribution < -0.4 is 5.32 Å². The Morgan fingerprint density at radius 1 is 1.38 bits per heavy atom. The van der Waals surface area contributed by atoms with E-state index in [1.54, 1.807) is 4.88 Å². The number of fused-ring (bicyclic) bond motifs is 1. The van der Waals surface area contributed by atoms with Gasteiger partial charge in [-0.2, -0.15) is 11.8 Å². The van der Waals surface area contributed by atoms with E-state index >= 15 is 0 Å². The molecule has 0 radical (unpaired) electrons. The first-order valence-corrected chi connectivity index (χ1v) is 10.3. The molecule has 1 N–H and O–H groups in total. The fourth-order valence-electron chi connectivity index (χ4n) is 2.70. The van der Waals surface area contributed by atoms with Crippen molar-refractivity contribution in [2.24, 2.45) is 5.92 Å². The van der Waals surface area contributed by atoms with Gasteiger partial charge in [0.05, 0.1) is 5.69 Å². The predicted molar refractivity (Wildman–Crippen MR) is 96.5 cm³/mol. The second kappa shape index (κ2) is 8.54. The van der Waals surface area contributed by atoms with Crippen molar-refractivity contribution in [3.8, 4) is 0 Å². The van der Waals surface area contributed by atoms with Crippen molar-refractivity contribution in [2.75, 3.05) is 13.1 Å². The zero-order valence-corrected chi connectivity index (χ0v) is 15.6. The van der Waals surface area contributed by atoms with Crippen LogP contribution in [0.4, 0.5) is 0 Å². The number of hydrogen-bond donors (Lipinski definition) is 1. The molecule has 1 heterocycles. The molecule has 2 rings (SSSR count). The molecule has 0 amide bonds. The Bertz CT molecular complexity index is 428. The molecule has 2 unspecified atom stereocenters. The van der Waals surface area contributed by atoms with Crippen LogP contribution in [0.1, 0.15) is 68.5 Å². The number of nitrogens with one attached hydrogen (secondary N) is 1. The second-order valence-corrected chi connectivity index (χ2v) is 9.18. The van der Waals surface area contributed by atoms with Crippen molar-refractivity contribution in [3.63, 3.8) is 0 Å². The number of hydrogen-bond acceptors (Lipinski definition) is 4. The highest BCUT2D eigenvalue weighted by Crippen LogP contribution is 2.36. The van der Waals surface area contributed by atoms with Gasteiger partial charge in [-0.25, -0.2) is 4.98 Å². The summed E-state index contributed by atoms with van der Waals surface area (Å²) in [5.41, 5.74) is 1.42. The van der Waals surface area contributed by atoms with Crippen LogP contribution in [0, 0.1) is 5.92 Å². The van der Waals surface area contributed by atoms with Crippen LogP contribution in [-0.2, 0) is 12.2 Å². The molecule has 0 spiro atoms. The Kier molecular flexibility index (Phi) is 7.03. The van der Waals surface area contributed by atoms with E-state index in [-0.39, 0.29) is 0 Å². The first-order valence-electron chi connectivity index (χ1n) is 8.40. The highest BCUT2D eigenvalue weighted by molar-refractivity contribution is 7.99.